The van der Waals surface area contributed by atoms with E-state index in [9.17, 15) is 4.79 Å². The molecule has 0 unspecified atom stereocenters. The van der Waals surface area contributed by atoms with Crippen molar-refractivity contribution in [3.05, 3.63) is 59.7 Å². The number of hydrogen-bond acceptors (Lipinski definition) is 4. The number of piperidine rings is 1. The van der Waals surface area contributed by atoms with E-state index in [2.05, 4.69) is 34.8 Å². The van der Waals surface area contributed by atoms with Crippen molar-refractivity contribution in [2.75, 3.05) is 27.3 Å². The number of amides is 1. The largest absolute Gasteiger partial charge is 0.493 e. The van der Waals surface area contributed by atoms with Gasteiger partial charge in [0.1, 0.15) is 6.54 Å². The molecule has 6 heteroatoms. The maximum Gasteiger partial charge on any atom is 0.271 e. The molecule has 0 aromatic heterocycles. The molecule has 0 atom stereocenters. The van der Waals surface area contributed by atoms with Crippen LogP contribution in [-0.2, 0) is 6.54 Å². The maximum absolute atomic E-state index is 12.3. The van der Waals surface area contributed by atoms with Crippen molar-refractivity contribution in [1.82, 2.24) is 5.43 Å². The zero-order chi connectivity index (χ0) is 19.1. The first kappa shape index (κ1) is 18.9. The summed E-state index contributed by atoms with van der Waals surface area (Å²) in [5, 5.41) is 4.33. The van der Waals surface area contributed by atoms with Crippen LogP contribution in [0.25, 0.3) is 0 Å². The van der Waals surface area contributed by atoms with E-state index in [-0.39, 0.29) is 5.91 Å². The Labute approximate surface area is 159 Å². The van der Waals surface area contributed by atoms with Gasteiger partial charge in [0.2, 0.25) is 0 Å². The Kier molecular flexibility index (Phi) is 6.44. The van der Waals surface area contributed by atoms with Crippen LogP contribution in [0.4, 0.5) is 0 Å². The van der Waals surface area contributed by atoms with Crippen molar-refractivity contribution < 1.29 is 19.2 Å². The smallest absolute Gasteiger partial charge is 0.271 e. The van der Waals surface area contributed by atoms with E-state index in [4.69, 9.17) is 9.47 Å². The summed E-state index contributed by atoms with van der Waals surface area (Å²) in [5.41, 5.74) is 5.55. The number of quaternary nitrogens is 1. The Morgan fingerprint density at radius 3 is 2.41 bits per heavy atom. The lowest BCUT2D eigenvalue weighted by atomic mass is 10.1. The minimum Gasteiger partial charge on any atom is -0.493 e. The highest BCUT2D eigenvalue weighted by Gasteiger charge is 2.19. The Balaban J connectivity index is 1.52. The predicted octanol–water partition coefficient (Wildman–Crippen LogP) is 1.67. The van der Waals surface area contributed by atoms with Gasteiger partial charge in [-0.05, 0) is 18.2 Å². The first-order chi connectivity index (χ1) is 13.2. The van der Waals surface area contributed by atoms with Crippen LogP contribution in [0, 0.1) is 0 Å². The third-order valence-corrected chi connectivity index (χ3v) is 4.79. The van der Waals surface area contributed by atoms with Gasteiger partial charge in [-0.2, -0.15) is 5.10 Å². The van der Waals surface area contributed by atoms with Gasteiger partial charge in [-0.1, -0.05) is 30.3 Å². The minimum atomic E-state index is -0.248. The summed E-state index contributed by atoms with van der Waals surface area (Å²) in [7, 11) is 3.11. The molecule has 1 fully saturated rings. The number of rotatable bonds is 6. The molecule has 3 rings (SSSR count). The number of nitrogens with zero attached hydrogens (tertiary/aromatic N) is 1. The van der Waals surface area contributed by atoms with Gasteiger partial charge in [0.25, 0.3) is 5.91 Å². The first-order valence-electron chi connectivity index (χ1n) is 9.15. The van der Waals surface area contributed by atoms with Gasteiger partial charge in [0, 0.05) is 29.7 Å². The van der Waals surface area contributed by atoms with Crippen LogP contribution in [0.2, 0.25) is 0 Å². The summed E-state index contributed by atoms with van der Waals surface area (Å²) in [4.78, 5) is 13.9. The van der Waals surface area contributed by atoms with Gasteiger partial charge in [-0.3, -0.25) is 4.79 Å². The normalized spacial score (nSPS) is 16.5. The number of hydrazone groups is 1. The summed E-state index contributed by atoms with van der Waals surface area (Å²) in [5.74, 6) is 0.868. The van der Waals surface area contributed by atoms with Crippen LogP contribution in [-0.4, -0.2) is 38.9 Å². The average Bonchev–Trinajstić information content (AvgIpc) is 2.73. The Bertz CT molecular complexity index is 796. The third-order valence-electron chi connectivity index (χ3n) is 4.79. The summed E-state index contributed by atoms with van der Waals surface area (Å²) < 4.78 is 10.4. The van der Waals surface area contributed by atoms with Crippen LogP contribution in [0.15, 0.2) is 53.6 Å². The molecular formula is C21H26N3O3+. The lowest BCUT2D eigenvalue weighted by Crippen LogP contribution is -3.11. The SMILES string of the molecule is COc1ccc(C(=O)NN=C2CC[NH+](Cc3ccccc3)CC2)cc1OC. The number of hydrogen-bond donors (Lipinski definition) is 2. The maximum atomic E-state index is 12.3. The number of likely N-dealkylation sites (tertiary alicyclic amines) is 1. The highest BCUT2D eigenvalue weighted by Crippen LogP contribution is 2.27. The van der Waals surface area contributed by atoms with E-state index >= 15 is 0 Å². The Hall–Kier alpha value is -2.86. The van der Waals surface area contributed by atoms with E-state index in [0.717, 1.165) is 38.2 Å². The topological polar surface area (TPSA) is 64.4 Å². The van der Waals surface area contributed by atoms with Crippen molar-refractivity contribution in [3.63, 3.8) is 0 Å². The van der Waals surface area contributed by atoms with Crippen molar-refractivity contribution in [2.45, 2.75) is 19.4 Å². The molecule has 0 aliphatic carbocycles. The summed E-state index contributed by atoms with van der Waals surface area (Å²) in [6.07, 6.45) is 1.79. The molecule has 0 bridgehead atoms. The Morgan fingerprint density at radius 2 is 1.74 bits per heavy atom. The monoisotopic (exact) mass is 368 g/mol. The second-order valence-corrected chi connectivity index (χ2v) is 6.60. The van der Waals surface area contributed by atoms with E-state index in [1.54, 1.807) is 37.3 Å². The molecular weight excluding hydrogens is 342 g/mol. The number of carbonyl (C=O) groups excluding carboxylic acids is 1. The zero-order valence-corrected chi connectivity index (χ0v) is 15.8. The molecule has 1 aliphatic rings. The van der Waals surface area contributed by atoms with Crippen molar-refractivity contribution in [3.8, 4) is 11.5 Å². The molecule has 1 saturated heterocycles. The van der Waals surface area contributed by atoms with Gasteiger partial charge in [-0.15, -0.1) is 0 Å². The number of benzene rings is 2. The number of methoxy groups -OCH3 is 2. The third kappa shape index (κ3) is 5.08. The molecule has 6 nitrogen and oxygen atoms in total. The van der Waals surface area contributed by atoms with Crippen molar-refractivity contribution >= 4 is 11.6 Å². The summed E-state index contributed by atoms with van der Waals surface area (Å²) in [6, 6.07) is 15.6. The van der Waals surface area contributed by atoms with Crippen LogP contribution >= 0.6 is 0 Å². The van der Waals surface area contributed by atoms with E-state index in [1.165, 1.54) is 5.56 Å². The van der Waals surface area contributed by atoms with E-state index in [0.29, 0.717) is 17.1 Å². The molecule has 27 heavy (non-hydrogen) atoms. The fraction of sp³-hybridized carbons (Fsp3) is 0.333. The number of ether oxygens (including phenoxy) is 2. The molecule has 142 valence electrons. The fourth-order valence-corrected chi connectivity index (χ4v) is 3.24. The second kappa shape index (κ2) is 9.19. The first-order valence-corrected chi connectivity index (χ1v) is 9.15. The number of carbonyl (C=O) groups is 1. The second-order valence-electron chi connectivity index (χ2n) is 6.60. The molecule has 0 radical (unpaired) electrons. The highest BCUT2D eigenvalue weighted by atomic mass is 16.5. The molecule has 1 heterocycles. The molecule has 0 spiro atoms. The number of nitrogens with one attached hydrogen (secondary N) is 2. The van der Waals surface area contributed by atoms with Gasteiger partial charge >= 0.3 is 0 Å². The van der Waals surface area contributed by atoms with Crippen LogP contribution in [0.5, 0.6) is 11.5 Å². The quantitative estimate of drug-likeness (QED) is 0.763. The van der Waals surface area contributed by atoms with Gasteiger partial charge in [0.05, 0.1) is 27.3 Å². The molecule has 1 aliphatic heterocycles. The summed E-state index contributed by atoms with van der Waals surface area (Å²) >= 11 is 0. The van der Waals surface area contributed by atoms with Crippen LogP contribution in [0.3, 0.4) is 0 Å². The lowest BCUT2D eigenvalue weighted by molar-refractivity contribution is -0.914. The van der Waals surface area contributed by atoms with E-state index in [1.807, 2.05) is 6.07 Å². The van der Waals surface area contributed by atoms with Crippen molar-refractivity contribution in [2.24, 2.45) is 5.10 Å². The standard InChI is InChI=1S/C21H25N3O3/c1-26-19-9-8-17(14-20(19)27-2)21(25)23-22-18-10-12-24(13-11-18)15-16-6-4-3-5-7-16/h3-9,14H,10-13,15H2,1-2H3,(H,23,25)/p+1. The van der Waals surface area contributed by atoms with Gasteiger partial charge in [-0.25, -0.2) is 5.43 Å². The van der Waals surface area contributed by atoms with E-state index < -0.39 is 0 Å². The fourth-order valence-electron chi connectivity index (χ4n) is 3.24. The highest BCUT2D eigenvalue weighted by molar-refractivity contribution is 5.96. The van der Waals surface area contributed by atoms with Gasteiger partial charge in [0.15, 0.2) is 11.5 Å². The van der Waals surface area contributed by atoms with Crippen LogP contribution < -0.4 is 19.8 Å². The molecule has 0 saturated carbocycles. The lowest BCUT2D eigenvalue weighted by Gasteiger charge is -2.24. The van der Waals surface area contributed by atoms with Crippen LogP contribution in [0.1, 0.15) is 28.8 Å². The average molecular weight is 368 g/mol. The zero-order valence-electron chi connectivity index (χ0n) is 15.8. The molecule has 1 amide bonds. The predicted molar refractivity (Wildman–Crippen MR) is 105 cm³/mol. The van der Waals surface area contributed by atoms with Gasteiger partial charge < -0.3 is 14.4 Å². The molecule has 2 aromatic rings. The molecule has 2 N–H and O–H groups in total. The summed E-state index contributed by atoms with van der Waals surface area (Å²) in [6.45, 7) is 3.09. The minimum absolute atomic E-state index is 0.248. The van der Waals surface area contributed by atoms with Crippen molar-refractivity contribution in [1.29, 1.82) is 0 Å². The Morgan fingerprint density at radius 1 is 1.04 bits per heavy atom. The molecule has 2 aromatic carbocycles.